The molecule has 1 N–H and O–H groups in total. The third kappa shape index (κ3) is 2.43. The lowest BCUT2D eigenvalue weighted by Crippen LogP contribution is -2.32. The van der Waals surface area contributed by atoms with Crippen molar-refractivity contribution in [3.63, 3.8) is 0 Å². The molecular weight excluding hydrogens is 142 g/mol. The second-order valence-electron chi connectivity index (χ2n) is 2.87. The van der Waals surface area contributed by atoms with Gasteiger partial charge in [-0.1, -0.05) is 13.3 Å². The quantitative estimate of drug-likeness (QED) is 0.646. The van der Waals surface area contributed by atoms with Gasteiger partial charge in [-0.25, -0.2) is 0 Å². The predicted molar refractivity (Wildman–Crippen MR) is 43.3 cm³/mol. The molecule has 1 fully saturated rings. The van der Waals surface area contributed by atoms with Crippen LogP contribution in [-0.2, 0) is 4.74 Å². The third-order valence-corrected chi connectivity index (χ3v) is 2.02. The summed E-state index contributed by atoms with van der Waals surface area (Å²) in [6.07, 6.45) is 2.50. The van der Waals surface area contributed by atoms with Gasteiger partial charge in [-0.3, -0.25) is 4.90 Å². The topological polar surface area (TPSA) is 32.7 Å². The Morgan fingerprint density at radius 2 is 2.45 bits per heavy atom. The lowest BCUT2D eigenvalue weighted by molar-refractivity contribution is 0.0199. The molecule has 0 unspecified atom stereocenters. The van der Waals surface area contributed by atoms with E-state index >= 15 is 0 Å². The van der Waals surface area contributed by atoms with E-state index in [9.17, 15) is 0 Å². The van der Waals surface area contributed by atoms with Gasteiger partial charge < -0.3 is 9.84 Å². The van der Waals surface area contributed by atoms with E-state index in [-0.39, 0.29) is 12.8 Å². The fourth-order valence-electron chi connectivity index (χ4n) is 1.45. The van der Waals surface area contributed by atoms with Crippen molar-refractivity contribution in [3.05, 3.63) is 0 Å². The Labute approximate surface area is 68.0 Å². The molecule has 1 saturated heterocycles. The molecule has 0 saturated carbocycles. The number of aliphatic hydroxyl groups excluding tert-OH is 1. The minimum atomic E-state index is 0.240. The van der Waals surface area contributed by atoms with Gasteiger partial charge in [-0.2, -0.15) is 0 Å². The molecule has 1 rings (SSSR count). The zero-order valence-corrected chi connectivity index (χ0v) is 7.12. The van der Waals surface area contributed by atoms with Crippen LogP contribution in [0, 0.1) is 0 Å². The molecule has 0 aromatic heterocycles. The standard InChI is InChI=1S/C8H17NO2/c1-2-3-8-9(4-6-10)5-7-11-8/h8,10H,2-7H2,1H3/t8-/m0/s1. The molecule has 11 heavy (non-hydrogen) atoms. The van der Waals surface area contributed by atoms with Gasteiger partial charge in [0.2, 0.25) is 0 Å². The molecule has 0 spiro atoms. The van der Waals surface area contributed by atoms with Gasteiger partial charge in [0.15, 0.2) is 0 Å². The summed E-state index contributed by atoms with van der Waals surface area (Å²) in [5.74, 6) is 0. The first kappa shape index (κ1) is 8.97. The molecule has 0 aromatic rings. The minimum Gasteiger partial charge on any atom is -0.395 e. The van der Waals surface area contributed by atoms with Gasteiger partial charge in [-0.05, 0) is 6.42 Å². The Bertz CT molecular complexity index is 96.3. The van der Waals surface area contributed by atoms with Crippen molar-refractivity contribution in [1.29, 1.82) is 0 Å². The van der Waals surface area contributed by atoms with Crippen molar-refractivity contribution in [2.75, 3.05) is 26.3 Å². The highest BCUT2D eigenvalue weighted by atomic mass is 16.5. The Morgan fingerprint density at radius 3 is 3.09 bits per heavy atom. The van der Waals surface area contributed by atoms with E-state index in [1.54, 1.807) is 0 Å². The molecule has 0 aromatic carbocycles. The zero-order valence-electron chi connectivity index (χ0n) is 7.12. The highest BCUT2D eigenvalue weighted by molar-refractivity contribution is 4.68. The zero-order chi connectivity index (χ0) is 8.10. The molecule has 0 aliphatic carbocycles. The fourth-order valence-corrected chi connectivity index (χ4v) is 1.45. The van der Waals surface area contributed by atoms with Gasteiger partial charge in [0.05, 0.1) is 13.2 Å². The largest absolute Gasteiger partial charge is 0.395 e. The predicted octanol–water partition coefficient (Wildman–Crippen LogP) is 0.437. The summed E-state index contributed by atoms with van der Waals surface area (Å²) in [5.41, 5.74) is 0. The summed E-state index contributed by atoms with van der Waals surface area (Å²) in [5, 5.41) is 8.72. The molecule has 1 atom stereocenters. The third-order valence-electron chi connectivity index (χ3n) is 2.02. The molecule has 0 radical (unpaired) electrons. The van der Waals surface area contributed by atoms with Crippen molar-refractivity contribution in [3.8, 4) is 0 Å². The average molecular weight is 159 g/mol. The van der Waals surface area contributed by atoms with Crippen molar-refractivity contribution in [2.24, 2.45) is 0 Å². The van der Waals surface area contributed by atoms with Crippen LogP contribution in [0.3, 0.4) is 0 Å². The van der Waals surface area contributed by atoms with E-state index in [1.165, 1.54) is 0 Å². The second kappa shape index (κ2) is 4.70. The van der Waals surface area contributed by atoms with E-state index in [0.717, 1.165) is 32.5 Å². The van der Waals surface area contributed by atoms with E-state index < -0.39 is 0 Å². The van der Waals surface area contributed by atoms with Crippen LogP contribution in [0.15, 0.2) is 0 Å². The van der Waals surface area contributed by atoms with Crippen LogP contribution in [0.4, 0.5) is 0 Å². The van der Waals surface area contributed by atoms with Crippen LogP contribution in [0.1, 0.15) is 19.8 Å². The molecule has 0 bridgehead atoms. The van der Waals surface area contributed by atoms with Crippen LogP contribution in [-0.4, -0.2) is 42.5 Å². The summed E-state index contributed by atoms with van der Waals surface area (Å²) in [4.78, 5) is 2.20. The maximum Gasteiger partial charge on any atom is 0.110 e. The number of rotatable bonds is 4. The number of hydrogen-bond acceptors (Lipinski definition) is 3. The van der Waals surface area contributed by atoms with Crippen molar-refractivity contribution in [2.45, 2.75) is 26.0 Å². The first-order valence-corrected chi connectivity index (χ1v) is 4.35. The molecular formula is C8H17NO2. The molecule has 1 aliphatic rings. The van der Waals surface area contributed by atoms with Gasteiger partial charge in [0, 0.05) is 13.1 Å². The van der Waals surface area contributed by atoms with E-state index in [1.807, 2.05) is 0 Å². The maximum atomic E-state index is 8.72. The molecule has 0 amide bonds. The van der Waals surface area contributed by atoms with Crippen molar-refractivity contribution >= 4 is 0 Å². The summed E-state index contributed by atoms with van der Waals surface area (Å²) in [6.45, 7) is 4.95. The number of aliphatic hydroxyl groups is 1. The Balaban J connectivity index is 2.25. The summed E-state index contributed by atoms with van der Waals surface area (Å²) >= 11 is 0. The van der Waals surface area contributed by atoms with Gasteiger partial charge >= 0.3 is 0 Å². The van der Waals surface area contributed by atoms with Gasteiger partial charge in [0.1, 0.15) is 6.23 Å². The monoisotopic (exact) mass is 159 g/mol. The summed E-state index contributed by atoms with van der Waals surface area (Å²) < 4.78 is 5.47. The highest BCUT2D eigenvalue weighted by Crippen LogP contribution is 2.13. The molecule has 3 heteroatoms. The number of β-amino-alcohol motifs (C(OH)–C–C–N with tert-alkyl or cyclic N) is 1. The Morgan fingerprint density at radius 1 is 1.64 bits per heavy atom. The minimum absolute atomic E-state index is 0.240. The van der Waals surface area contributed by atoms with E-state index in [4.69, 9.17) is 9.84 Å². The van der Waals surface area contributed by atoms with E-state index in [0.29, 0.717) is 0 Å². The average Bonchev–Trinajstić information content (AvgIpc) is 2.39. The van der Waals surface area contributed by atoms with E-state index in [2.05, 4.69) is 11.8 Å². The molecule has 3 nitrogen and oxygen atoms in total. The summed E-state index contributed by atoms with van der Waals surface area (Å²) in [6, 6.07) is 0. The summed E-state index contributed by atoms with van der Waals surface area (Å²) in [7, 11) is 0. The van der Waals surface area contributed by atoms with Crippen LogP contribution in [0.25, 0.3) is 0 Å². The lowest BCUT2D eigenvalue weighted by atomic mass is 10.3. The SMILES string of the molecule is CCC[C@@H]1OCCN1CCO. The smallest absolute Gasteiger partial charge is 0.110 e. The normalized spacial score (nSPS) is 26.2. The van der Waals surface area contributed by atoms with Crippen LogP contribution < -0.4 is 0 Å². The second-order valence-corrected chi connectivity index (χ2v) is 2.87. The van der Waals surface area contributed by atoms with Crippen LogP contribution >= 0.6 is 0 Å². The molecule has 1 heterocycles. The molecule has 66 valence electrons. The maximum absolute atomic E-state index is 8.72. The first-order chi connectivity index (χ1) is 5.38. The van der Waals surface area contributed by atoms with Crippen molar-refractivity contribution in [1.82, 2.24) is 4.90 Å². The molecule has 1 aliphatic heterocycles. The van der Waals surface area contributed by atoms with Crippen LogP contribution in [0.5, 0.6) is 0 Å². The van der Waals surface area contributed by atoms with Gasteiger partial charge in [-0.15, -0.1) is 0 Å². The van der Waals surface area contributed by atoms with Gasteiger partial charge in [0.25, 0.3) is 0 Å². The number of nitrogens with zero attached hydrogens (tertiary/aromatic N) is 1. The first-order valence-electron chi connectivity index (χ1n) is 4.35. The number of ether oxygens (including phenoxy) is 1. The van der Waals surface area contributed by atoms with Crippen LogP contribution in [0.2, 0.25) is 0 Å². The fraction of sp³-hybridized carbons (Fsp3) is 1.00. The Kier molecular flexibility index (Phi) is 3.83. The highest BCUT2D eigenvalue weighted by Gasteiger charge is 2.22. The van der Waals surface area contributed by atoms with Crippen molar-refractivity contribution < 1.29 is 9.84 Å². The number of hydrogen-bond donors (Lipinski definition) is 1. The lowest BCUT2D eigenvalue weighted by Gasteiger charge is -2.20. The Hall–Kier alpha value is -0.120.